The minimum atomic E-state index is -3.55. The molecule has 116 valence electrons. The molecule has 4 nitrogen and oxygen atoms in total. The van der Waals surface area contributed by atoms with Crippen molar-refractivity contribution >= 4 is 47.6 Å². The number of nitrogen functional groups attached to an aromatic ring is 1. The van der Waals surface area contributed by atoms with Crippen molar-refractivity contribution in [2.45, 2.75) is 43.0 Å². The maximum atomic E-state index is 13.0. The Morgan fingerprint density at radius 3 is 2.57 bits per heavy atom. The third-order valence-electron chi connectivity index (χ3n) is 4.56. The van der Waals surface area contributed by atoms with Gasteiger partial charge in [-0.25, -0.2) is 8.42 Å². The smallest absolute Gasteiger partial charge is 0.246 e. The van der Waals surface area contributed by atoms with Crippen LogP contribution in [-0.2, 0) is 10.0 Å². The SMILES string of the molecule is Nc1cc(Br)cc(Br)c1S(=O)(=O)N1CCC2CCCCC21. The summed E-state index contributed by atoms with van der Waals surface area (Å²) in [5.41, 5.74) is 6.27. The van der Waals surface area contributed by atoms with Crippen LogP contribution >= 0.6 is 31.9 Å². The van der Waals surface area contributed by atoms with Gasteiger partial charge < -0.3 is 5.73 Å². The minimum absolute atomic E-state index is 0.152. The zero-order chi connectivity index (χ0) is 15.2. The lowest BCUT2D eigenvalue weighted by atomic mass is 9.86. The van der Waals surface area contributed by atoms with Crippen LogP contribution in [0.3, 0.4) is 0 Å². The van der Waals surface area contributed by atoms with E-state index in [2.05, 4.69) is 31.9 Å². The molecule has 0 spiro atoms. The van der Waals surface area contributed by atoms with E-state index in [4.69, 9.17) is 5.73 Å². The molecule has 2 unspecified atom stereocenters. The summed E-state index contributed by atoms with van der Waals surface area (Å²) in [4.78, 5) is 0.205. The topological polar surface area (TPSA) is 63.4 Å². The normalized spacial score (nSPS) is 26.8. The van der Waals surface area contributed by atoms with E-state index in [1.807, 2.05) is 0 Å². The molecular weight excluding hydrogens is 420 g/mol. The van der Waals surface area contributed by atoms with Crippen molar-refractivity contribution in [3.8, 4) is 0 Å². The molecule has 1 saturated carbocycles. The number of rotatable bonds is 2. The molecule has 1 aromatic rings. The second-order valence-electron chi connectivity index (χ2n) is 5.82. The number of benzene rings is 1. The van der Waals surface area contributed by atoms with E-state index in [9.17, 15) is 8.42 Å². The summed E-state index contributed by atoms with van der Waals surface area (Å²) in [7, 11) is -3.55. The molecule has 7 heteroatoms. The van der Waals surface area contributed by atoms with E-state index >= 15 is 0 Å². The van der Waals surface area contributed by atoms with Gasteiger partial charge in [0.2, 0.25) is 10.0 Å². The predicted molar refractivity (Wildman–Crippen MR) is 90.5 cm³/mol. The molecule has 0 amide bonds. The average molecular weight is 438 g/mol. The van der Waals surface area contributed by atoms with E-state index in [0.717, 1.165) is 30.2 Å². The van der Waals surface area contributed by atoms with Crippen LogP contribution in [0, 0.1) is 5.92 Å². The third kappa shape index (κ3) is 2.78. The first-order valence-electron chi connectivity index (χ1n) is 7.17. The molecule has 1 aliphatic carbocycles. The number of nitrogens with two attached hydrogens (primary N) is 1. The summed E-state index contributed by atoms with van der Waals surface area (Å²) in [5.74, 6) is 0.518. The molecule has 2 fully saturated rings. The number of sulfonamides is 1. The molecule has 2 N–H and O–H groups in total. The van der Waals surface area contributed by atoms with E-state index in [0.29, 0.717) is 16.9 Å². The fourth-order valence-electron chi connectivity index (χ4n) is 3.63. The third-order valence-corrected chi connectivity index (χ3v) is 7.95. The van der Waals surface area contributed by atoms with Crippen molar-refractivity contribution in [2.75, 3.05) is 12.3 Å². The molecule has 1 heterocycles. The quantitative estimate of drug-likeness (QED) is 0.716. The first kappa shape index (κ1) is 15.8. The molecule has 0 radical (unpaired) electrons. The number of fused-ring (bicyclic) bond motifs is 1. The molecule has 2 atom stereocenters. The fraction of sp³-hybridized carbons (Fsp3) is 0.571. The number of nitrogens with zero attached hydrogens (tertiary/aromatic N) is 1. The number of hydrogen-bond acceptors (Lipinski definition) is 3. The Labute approximate surface area is 142 Å². The summed E-state index contributed by atoms with van der Waals surface area (Å²) in [6.07, 6.45) is 5.42. The monoisotopic (exact) mass is 436 g/mol. The zero-order valence-corrected chi connectivity index (χ0v) is 15.5. The Kier molecular flexibility index (Phi) is 4.38. The van der Waals surface area contributed by atoms with Crippen molar-refractivity contribution in [3.63, 3.8) is 0 Å². The van der Waals surface area contributed by atoms with E-state index in [1.54, 1.807) is 16.4 Å². The highest BCUT2D eigenvalue weighted by Gasteiger charge is 2.43. The number of hydrogen-bond donors (Lipinski definition) is 1. The van der Waals surface area contributed by atoms with Gasteiger partial charge in [0, 0.05) is 21.5 Å². The summed E-state index contributed by atoms with van der Waals surface area (Å²) in [6, 6.07) is 3.53. The van der Waals surface area contributed by atoms with Gasteiger partial charge in [0.25, 0.3) is 0 Å². The minimum Gasteiger partial charge on any atom is -0.398 e. The Hall–Kier alpha value is -0.110. The lowest BCUT2D eigenvalue weighted by Crippen LogP contribution is -2.39. The summed E-state index contributed by atoms with van der Waals surface area (Å²) >= 11 is 6.69. The molecule has 3 rings (SSSR count). The van der Waals surface area contributed by atoms with Crippen molar-refractivity contribution in [3.05, 3.63) is 21.1 Å². The molecule has 21 heavy (non-hydrogen) atoms. The molecule has 0 bridgehead atoms. The lowest BCUT2D eigenvalue weighted by molar-refractivity contribution is 0.260. The largest absolute Gasteiger partial charge is 0.398 e. The second-order valence-corrected chi connectivity index (χ2v) is 9.42. The van der Waals surface area contributed by atoms with Gasteiger partial charge in [-0.2, -0.15) is 4.31 Å². The molecule has 2 aliphatic rings. The van der Waals surface area contributed by atoms with Gasteiger partial charge in [0.1, 0.15) is 4.90 Å². The Balaban J connectivity index is 2.01. The van der Waals surface area contributed by atoms with Crippen LogP contribution in [0.5, 0.6) is 0 Å². The number of anilines is 1. The van der Waals surface area contributed by atoms with Crippen molar-refractivity contribution in [1.82, 2.24) is 4.31 Å². The Morgan fingerprint density at radius 1 is 1.14 bits per heavy atom. The standard InChI is InChI=1S/C14H18Br2N2O2S/c15-10-7-11(16)14(12(17)8-10)21(19,20)18-6-5-9-3-1-2-4-13(9)18/h7-9,13H,1-6,17H2. The fourth-order valence-corrected chi connectivity index (χ4v) is 7.38. The van der Waals surface area contributed by atoms with Crippen LogP contribution in [0.2, 0.25) is 0 Å². The zero-order valence-electron chi connectivity index (χ0n) is 11.6. The highest BCUT2D eigenvalue weighted by Crippen LogP contribution is 2.42. The Bertz CT molecular complexity index is 640. The van der Waals surface area contributed by atoms with Crippen LogP contribution in [0.1, 0.15) is 32.1 Å². The maximum Gasteiger partial charge on any atom is 0.246 e. The molecular formula is C14H18Br2N2O2S. The molecule has 1 saturated heterocycles. The van der Waals surface area contributed by atoms with E-state index in [-0.39, 0.29) is 16.6 Å². The van der Waals surface area contributed by atoms with Gasteiger partial charge in [-0.3, -0.25) is 0 Å². The highest BCUT2D eigenvalue weighted by atomic mass is 79.9. The van der Waals surface area contributed by atoms with Crippen LogP contribution < -0.4 is 5.73 Å². The summed E-state index contributed by atoms with van der Waals surface area (Å²) in [6.45, 7) is 0.611. The molecule has 1 aliphatic heterocycles. The van der Waals surface area contributed by atoms with Gasteiger partial charge >= 0.3 is 0 Å². The van der Waals surface area contributed by atoms with Crippen molar-refractivity contribution < 1.29 is 8.42 Å². The van der Waals surface area contributed by atoms with Crippen LogP contribution in [-0.4, -0.2) is 25.3 Å². The summed E-state index contributed by atoms with van der Waals surface area (Å²) < 4.78 is 29.1. The first-order valence-corrected chi connectivity index (χ1v) is 10.2. The van der Waals surface area contributed by atoms with E-state index in [1.165, 1.54) is 6.42 Å². The average Bonchev–Trinajstić information content (AvgIpc) is 2.81. The van der Waals surface area contributed by atoms with Gasteiger partial charge in [-0.1, -0.05) is 28.8 Å². The molecule has 1 aromatic carbocycles. The maximum absolute atomic E-state index is 13.0. The van der Waals surface area contributed by atoms with Crippen molar-refractivity contribution in [1.29, 1.82) is 0 Å². The predicted octanol–water partition coefficient (Wildman–Crippen LogP) is 3.75. The van der Waals surface area contributed by atoms with Crippen LogP contribution in [0.4, 0.5) is 5.69 Å². The summed E-state index contributed by atoms with van der Waals surface area (Å²) in [5, 5.41) is 0. The van der Waals surface area contributed by atoms with Crippen LogP contribution in [0.25, 0.3) is 0 Å². The highest BCUT2D eigenvalue weighted by molar-refractivity contribution is 9.11. The van der Waals surface area contributed by atoms with Gasteiger partial charge in [-0.05, 0) is 53.2 Å². The first-order chi connectivity index (χ1) is 9.91. The lowest BCUT2D eigenvalue weighted by Gasteiger charge is -2.31. The Morgan fingerprint density at radius 2 is 1.86 bits per heavy atom. The molecule has 0 aromatic heterocycles. The van der Waals surface area contributed by atoms with Crippen LogP contribution in [0.15, 0.2) is 26.0 Å². The second kappa shape index (κ2) is 5.83. The van der Waals surface area contributed by atoms with Gasteiger partial charge in [0.05, 0.1) is 5.69 Å². The van der Waals surface area contributed by atoms with Crippen molar-refractivity contribution in [2.24, 2.45) is 5.92 Å². The van der Waals surface area contributed by atoms with Gasteiger partial charge in [-0.15, -0.1) is 0 Å². The van der Waals surface area contributed by atoms with E-state index < -0.39 is 10.0 Å². The number of halogens is 2. The van der Waals surface area contributed by atoms with Gasteiger partial charge in [0.15, 0.2) is 0 Å².